The van der Waals surface area contributed by atoms with Crippen LogP contribution in [0.15, 0.2) is 60.7 Å². The molecule has 0 aromatic heterocycles. The monoisotopic (exact) mass is 517 g/mol. The summed E-state index contributed by atoms with van der Waals surface area (Å²) in [6.07, 6.45) is 2.60. The predicted octanol–water partition coefficient (Wildman–Crippen LogP) is 5.82. The molecule has 2 unspecified atom stereocenters. The van der Waals surface area contributed by atoms with Gasteiger partial charge < -0.3 is 15.3 Å². The van der Waals surface area contributed by atoms with E-state index >= 15 is 0 Å². The molecule has 1 heterocycles. The molecular formula is C31H36ClN3O2. The third-order valence-electron chi connectivity index (χ3n) is 7.97. The molecule has 1 aliphatic heterocycles. The molecule has 1 aliphatic carbocycles. The van der Waals surface area contributed by atoms with Crippen LogP contribution in [0.1, 0.15) is 59.5 Å². The number of rotatable bonds is 7. The van der Waals surface area contributed by atoms with Gasteiger partial charge in [-0.15, -0.1) is 0 Å². The molecule has 1 fully saturated rings. The van der Waals surface area contributed by atoms with E-state index in [9.17, 15) is 9.90 Å². The number of piperazine rings is 1. The number of fused-ring (bicyclic) bond motifs is 1. The molecule has 0 saturated carbocycles. The topological polar surface area (TPSA) is 55.8 Å². The number of hydrogen-bond donors (Lipinski definition) is 2. The molecule has 2 aliphatic rings. The molecule has 5 nitrogen and oxygen atoms in total. The second kappa shape index (κ2) is 11.2. The summed E-state index contributed by atoms with van der Waals surface area (Å²) in [7, 11) is 0. The highest BCUT2D eigenvalue weighted by Crippen LogP contribution is 2.45. The second-order valence-corrected chi connectivity index (χ2v) is 10.7. The van der Waals surface area contributed by atoms with Crippen molar-refractivity contribution in [2.45, 2.75) is 45.1 Å². The number of nitrogens with one attached hydrogen (secondary N) is 1. The Hall–Kier alpha value is -3.02. The number of amides is 1. The van der Waals surface area contributed by atoms with Crippen LogP contribution in [0, 0.1) is 6.92 Å². The lowest BCUT2D eigenvalue weighted by atomic mass is 9.85. The van der Waals surface area contributed by atoms with Crippen molar-refractivity contribution >= 4 is 23.2 Å². The molecule has 2 atom stereocenters. The van der Waals surface area contributed by atoms with Crippen LogP contribution in [0.5, 0.6) is 5.75 Å². The van der Waals surface area contributed by atoms with Crippen LogP contribution in [-0.2, 0) is 11.2 Å². The fourth-order valence-electron chi connectivity index (χ4n) is 6.05. The van der Waals surface area contributed by atoms with Gasteiger partial charge in [0.15, 0.2) is 0 Å². The Bertz CT molecular complexity index is 1250. The number of aromatic hydroxyl groups is 1. The Labute approximate surface area is 225 Å². The van der Waals surface area contributed by atoms with Crippen molar-refractivity contribution in [3.63, 3.8) is 0 Å². The van der Waals surface area contributed by atoms with E-state index in [-0.39, 0.29) is 17.9 Å². The van der Waals surface area contributed by atoms with E-state index in [1.807, 2.05) is 36.4 Å². The zero-order valence-corrected chi connectivity index (χ0v) is 22.5. The van der Waals surface area contributed by atoms with Gasteiger partial charge in [0.2, 0.25) is 5.91 Å². The molecule has 3 aromatic rings. The van der Waals surface area contributed by atoms with Crippen LogP contribution in [-0.4, -0.2) is 48.6 Å². The summed E-state index contributed by atoms with van der Waals surface area (Å²) < 4.78 is 0. The number of phenolic OH excluding ortho intramolecular Hbond substituents is 1. The first-order valence-corrected chi connectivity index (χ1v) is 13.7. The van der Waals surface area contributed by atoms with Gasteiger partial charge in [0, 0.05) is 53.9 Å². The smallest absolute Gasteiger partial charge is 0.234 e. The van der Waals surface area contributed by atoms with Gasteiger partial charge in [-0.05, 0) is 61.1 Å². The summed E-state index contributed by atoms with van der Waals surface area (Å²) in [5, 5.41) is 15.5. The Morgan fingerprint density at radius 2 is 1.84 bits per heavy atom. The molecule has 1 amide bonds. The van der Waals surface area contributed by atoms with Gasteiger partial charge in [0.05, 0.1) is 12.6 Å². The molecule has 194 valence electrons. The summed E-state index contributed by atoms with van der Waals surface area (Å²) in [4.78, 5) is 17.6. The van der Waals surface area contributed by atoms with Gasteiger partial charge in [0.25, 0.3) is 0 Å². The number of halogens is 1. The van der Waals surface area contributed by atoms with Gasteiger partial charge in [0.1, 0.15) is 5.75 Å². The minimum Gasteiger partial charge on any atom is -0.507 e. The van der Waals surface area contributed by atoms with Crippen molar-refractivity contribution in [2.24, 2.45) is 0 Å². The highest BCUT2D eigenvalue weighted by molar-refractivity contribution is 6.30. The number of anilines is 1. The molecular weight excluding hydrogens is 482 g/mol. The van der Waals surface area contributed by atoms with E-state index in [0.29, 0.717) is 12.3 Å². The van der Waals surface area contributed by atoms with Crippen molar-refractivity contribution in [2.75, 3.05) is 37.6 Å². The van der Waals surface area contributed by atoms with Gasteiger partial charge in [-0.2, -0.15) is 0 Å². The van der Waals surface area contributed by atoms with Gasteiger partial charge in [-0.3, -0.25) is 9.69 Å². The average molecular weight is 518 g/mol. The Balaban J connectivity index is 1.26. The van der Waals surface area contributed by atoms with Crippen LogP contribution in [0.3, 0.4) is 0 Å². The number of aryl methyl sites for hydroxylation is 1. The number of phenols is 1. The number of hydrogen-bond acceptors (Lipinski definition) is 4. The lowest BCUT2D eigenvalue weighted by Crippen LogP contribution is -2.49. The first kappa shape index (κ1) is 25.6. The first-order valence-electron chi connectivity index (χ1n) is 13.4. The third-order valence-corrected chi connectivity index (χ3v) is 8.20. The maximum absolute atomic E-state index is 13.1. The minimum absolute atomic E-state index is 0.0200. The number of carbonyl (C=O) groups excluding carboxylic acids is 1. The van der Waals surface area contributed by atoms with Gasteiger partial charge >= 0.3 is 0 Å². The molecule has 3 aromatic carbocycles. The lowest BCUT2D eigenvalue weighted by Gasteiger charge is -2.36. The van der Waals surface area contributed by atoms with E-state index in [0.717, 1.165) is 67.3 Å². The van der Waals surface area contributed by atoms with Crippen LogP contribution in [0.4, 0.5) is 5.69 Å². The van der Waals surface area contributed by atoms with Gasteiger partial charge in [-0.25, -0.2) is 0 Å². The highest BCUT2D eigenvalue weighted by Gasteiger charge is 2.32. The summed E-state index contributed by atoms with van der Waals surface area (Å²) in [6, 6.07) is 20.3. The summed E-state index contributed by atoms with van der Waals surface area (Å²) >= 11 is 6.16. The average Bonchev–Trinajstić information content (AvgIpc) is 3.33. The summed E-state index contributed by atoms with van der Waals surface area (Å²) in [6.45, 7) is 8.03. The van der Waals surface area contributed by atoms with Crippen molar-refractivity contribution in [3.05, 3.63) is 93.5 Å². The van der Waals surface area contributed by atoms with Crippen LogP contribution in [0.2, 0.25) is 5.02 Å². The Morgan fingerprint density at radius 3 is 2.54 bits per heavy atom. The molecule has 6 heteroatoms. The van der Waals surface area contributed by atoms with Crippen molar-refractivity contribution < 1.29 is 9.90 Å². The Kier molecular flexibility index (Phi) is 7.73. The standard InChI is InChI=1S/C31H36ClN3O2/c1-3-25(22-8-5-4-6-9-22)27-18-21(2)26-12-13-28(30(26)31(27)37)33-29(36)20-34-14-16-35(17-15-34)24-11-7-10-23(32)19-24/h4-11,18-19,25,28,37H,3,12-17,20H2,1-2H3,(H,33,36). The summed E-state index contributed by atoms with van der Waals surface area (Å²) in [5.74, 6) is 0.499. The fourth-order valence-corrected chi connectivity index (χ4v) is 6.23. The molecule has 2 N–H and O–H groups in total. The van der Waals surface area contributed by atoms with E-state index in [1.54, 1.807) is 0 Å². The van der Waals surface area contributed by atoms with Gasteiger partial charge in [-0.1, -0.05) is 61.0 Å². The SMILES string of the molecule is CCC(c1ccccc1)c1cc(C)c2c(c1O)C(NC(=O)CN1CCN(c3cccc(Cl)c3)CC1)CC2. The molecule has 0 bridgehead atoms. The molecule has 37 heavy (non-hydrogen) atoms. The quantitative estimate of drug-likeness (QED) is 0.414. The van der Waals surface area contributed by atoms with E-state index < -0.39 is 0 Å². The van der Waals surface area contributed by atoms with Crippen molar-refractivity contribution in [3.8, 4) is 5.75 Å². The third kappa shape index (κ3) is 5.48. The van der Waals surface area contributed by atoms with Crippen LogP contribution >= 0.6 is 11.6 Å². The molecule has 1 saturated heterocycles. The molecule has 0 radical (unpaired) electrons. The first-order chi connectivity index (χ1) is 17.9. The second-order valence-electron chi connectivity index (χ2n) is 10.3. The number of benzene rings is 3. The lowest BCUT2D eigenvalue weighted by molar-refractivity contribution is -0.123. The molecule has 5 rings (SSSR count). The largest absolute Gasteiger partial charge is 0.507 e. The zero-order chi connectivity index (χ0) is 25.9. The predicted molar refractivity (Wildman–Crippen MR) is 151 cm³/mol. The van der Waals surface area contributed by atoms with E-state index in [4.69, 9.17) is 11.6 Å². The maximum atomic E-state index is 13.1. The fraction of sp³-hybridized carbons (Fsp3) is 0.387. The number of carbonyl (C=O) groups is 1. The highest BCUT2D eigenvalue weighted by atomic mass is 35.5. The van der Waals surface area contributed by atoms with E-state index in [2.05, 4.69) is 53.2 Å². The van der Waals surface area contributed by atoms with Crippen LogP contribution in [0.25, 0.3) is 0 Å². The maximum Gasteiger partial charge on any atom is 0.234 e. The normalized spacial score (nSPS) is 18.5. The van der Waals surface area contributed by atoms with Crippen molar-refractivity contribution in [1.82, 2.24) is 10.2 Å². The summed E-state index contributed by atoms with van der Waals surface area (Å²) in [5.41, 5.74) is 6.60. The Morgan fingerprint density at radius 1 is 1.08 bits per heavy atom. The van der Waals surface area contributed by atoms with Crippen LogP contribution < -0.4 is 10.2 Å². The molecule has 0 spiro atoms. The van der Waals surface area contributed by atoms with Crippen molar-refractivity contribution in [1.29, 1.82) is 0 Å². The zero-order valence-electron chi connectivity index (χ0n) is 21.7. The van der Waals surface area contributed by atoms with E-state index in [1.165, 1.54) is 16.7 Å². The number of nitrogens with zero attached hydrogens (tertiary/aromatic N) is 2. The minimum atomic E-state index is -0.151.